The van der Waals surface area contributed by atoms with Crippen LogP contribution in [-0.2, 0) is 6.42 Å². The van der Waals surface area contributed by atoms with Gasteiger partial charge in [-0.2, -0.15) is 0 Å². The molecule has 0 saturated carbocycles. The van der Waals surface area contributed by atoms with Crippen molar-refractivity contribution >= 4 is 11.6 Å². The summed E-state index contributed by atoms with van der Waals surface area (Å²) in [6.45, 7) is 12.1. The van der Waals surface area contributed by atoms with Gasteiger partial charge in [-0.3, -0.25) is 0 Å². The van der Waals surface area contributed by atoms with Crippen LogP contribution in [0, 0.1) is 12.3 Å². The Bertz CT molecular complexity index is 385. The monoisotopic (exact) mass is 267 g/mol. The van der Waals surface area contributed by atoms with Crippen LogP contribution in [0.15, 0.2) is 18.2 Å². The second kappa shape index (κ2) is 6.58. The first-order valence-corrected chi connectivity index (χ1v) is 7.27. The molecule has 102 valence electrons. The molecule has 2 heteroatoms. The molecule has 1 N–H and O–H groups in total. The molecule has 0 spiro atoms. The van der Waals surface area contributed by atoms with E-state index in [1.807, 2.05) is 0 Å². The van der Waals surface area contributed by atoms with Gasteiger partial charge in [-0.15, -0.1) is 0 Å². The number of aryl methyl sites for hydroxylation is 1. The van der Waals surface area contributed by atoms with Crippen molar-refractivity contribution in [3.8, 4) is 0 Å². The van der Waals surface area contributed by atoms with Crippen molar-refractivity contribution in [1.82, 2.24) is 5.32 Å². The van der Waals surface area contributed by atoms with Gasteiger partial charge in [0.1, 0.15) is 0 Å². The van der Waals surface area contributed by atoms with Crippen LogP contribution in [-0.4, -0.2) is 12.6 Å². The molecule has 1 nitrogen and oxygen atoms in total. The molecule has 0 aliphatic heterocycles. The van der Waals surface area contributed by atoms with Gasteiger partial charge in [0.2, 0.25) is 0 Å². The van der Waals surface area contributed by atoms with E-state index in [0.717, 1.165) is 24.4 Å². The van der Waals surface area contributed by atoms with E-state index in [1.165, 1.54) is 11.1 Å². The van der Waals surface area contributed by atoms with Gasteiger partial charge in [0.25, 0.3) is 0 Å². The summed E-state index contributed by atoms with van der Waals surface area (Å²) >= 11 is 6.34. The van der Waals surface area contributed by atoms with Crippen LogP contribution >= 0.6 is 11.6 Å². The van der Waals surface area contributed by atoms with Crippen molar-refractivity contribution in [2.45, 2.75) is 53.5 Å². The maximum Gasteiger partial charge on any atom is 0.0441 e. The molecule has 1 atom stereocenters. The first kappa shape index (κ1) is 15.5. The smallest absolute Gasteiger partial charge is 0.0441 e. The number of likely N-dealkylation sites (N-methyl/N-ethyl adjacent to an activating group) is 1. The van der Waals surface area contributed by atoms with Crippen LogP contribution in [0.5, 0.6) is 0 Å². The molecule has 1 unspecified atom stereocenters. The molecule has 0 aliphatic carbocycles. The number of hydrogen-bond donors (Lipinski definition) is 1. The summed E-state index contributed by atoms with van der Waals surface area (Å²) in [4.78, 5) is 0. The fourth-order valence-corrected chi connectivity index (χ4v) is 2.47. The summed E-state index contributed by atoms with van der Waals surface area (Å²) in [6, 6.07) is 6.82. The van der Waals surface area contributed by atoms with E-state index in [1.54, 1.807) is 0 Å². The van der Waals surface area contributed by atoms with E-state index in [4.69, 9.17) is 11.6 Å². The first-order chi connectivity index (χ1) is 8.40. The molecule has 0 heterocycles. The molecule has 1 aromatic carbocycles. The normalized spacial score (nSPS) is 13.7. The van der Waals surface area contributed by atoms with Gasteiger partial charge in [-0.1, -0.05) is 51.4 Å². The zero-order valence-electron chi connectivity index (χ0n) is 12.3. The molecule has 0 bridgehead atoms. The summed E-state index contributed by atoms with van der Waals surface area (Å²) < 4.78 is 0. The third-order valence-corrected chi connectivity index (χ3v) is 4.29. The summed E-state index contributed by atoms with van der Waals surface area (Å²) in [7, 11) is 0. The minimum atomic E-state index is 0.282. The molecule has 0 fully saturated rings. The molecular formula is C16H26ClN. The second-order valence-corrected chi connectivity index (χ2v) is 6.16. The molecule has 0 amide bonds. The Morgan fingerprint density at radius 3 is 2.44 bits per heavy atom. The van der Waals surface area contributed by atoms with Gasteiger partial charge in [0, 0.05) is 11.1 Å². The maximum absolute atomic E-state index is 6.34. The molecular weight excluding hydrogens is 242 g/mol. The fourth-order valence-electron chi connectivity index (χ4n) is 2.16. The highest BCUT2D eigenvalue weighted by atomic mass is 35.5. The van der Waals surface area contributed by atoms with Gasteiger partial charge in [0.05, 0.1) is 0 Å². The fraction of sp³-hybridized carbons (Fsp3) is 0.625. The topological polar surface area (TPSA) is 12.0 Å². The standard InChI is InChI=1S/C16H26ClN/c1-6-16(4,5)15(18-7-2)11-13-9-8-12(3)10-14(13)17/h8-10,15,18H,6-7,11H2,1-5H3. The highest BCUT2D eigenvalue weighted by Crippen LogP contribution is 2.29. The van der Waals surface area contributed by atoms with Gasteiger partial charge in [-0.05, 0) is 48.9 Å². The number of hydrogen-bond acceptors (Lipinski definition) is 1. The largest absolute Gasteiger partial charge is 0.313 e. The summed E-state index contributed by atoms with van der Waals surface area (Å²) in [6.07, 6.45) is 2.15. The van der Waals surface area contributed by atoms with Crippen LogP contribution in [0.3, 0.4) is 0 Å². The van der Waals surface area contributed by atoms with Gasteiger partial charge < -0.3 is 5.32 Å². The predicted molar refractivity (Wildman–Crippen MR) is 81.4 cm³/mol. The predicted octanol–water partition coefficient (Wildman–Crippen LogP) is 4.61. The van der Waals surface area contributed by atoms with E-state index in [9.17, 15) is 0 Å². The lowest BCUT2D eigenvalue weighted by Crippen LogP contribution is -2.43. The Kier molecular flexibility index (Phi) is 5.68. The number of halogens is 1. The van der Waals surface area contributed by atoms with Crippen molar-refractivity contribution in [2.24, 2.45) is 5.41 Å². The zero-order chi connectivity index (χ0) is 13.8. The van der Waals surface area contributed by atoms with Crippen LogP contribution in [0.25, 0.3) is 0 Å². The number of nitrogens with one attached hydrogen (secondary N) is 1. The molecule has 0 saturated heterocycles. The molecule has 18 heavy (non-hydrogen) atoms. The maximum atomic E-state index is 6.34. The van der Waals surface area contributed by atoms with Crippen LogP contribution < -0.4 is 5.32 Å². The third kappa shape index (κ3) is 4.00. The quantitative estimate of drug-likeness (QED) is 0.794. The van der Waals surface area contributed by atoms with Gasteiger partial charge in [-0.25, -0.2) is 0 Å². The molecule has 0 aliphatic rings. The van der Waals surface area contributed by atoms with Crippen molar-refractivity contribution in [3.63, 3.8) is 0 Å². The van der Waals surface area contributed by atoms with E-state index < -0.39 is 0 Å². The SMILES string of the molecule is CCNC(Cc1ccc(C)cc1Cl)C(C)(C)CC. The lowest BCUT2D eigenvalue weighted by molar-refractivity contribution is 0.233. The molecule has 1 rings (SSSR count). The number of benzene rings is 1. The van der Waals surface area contributed by atoms with E-state index in [0.29, 0.717) is 6.04 Å². The highest BCUT2D eigenvalue weighted by molar-refractivity contribution is 6.31. The Morgan fingerprint density at radius 2 is 1.94 bits per heavy atom. The van der Waals surface area contributed by atoms with Crippen LogP contribution in [0.2, 0.25) is 5.02 Å². The second-order valence-electron chi connectivity index (χ2n) is 5.75. The summed E-state index contributed by atoms with van der Waals surface area (Å²) in [5, 5.41) is 4.50. The average molecular weight is 268 g/mol. The Labute approximate surface area is 117 Å². The van der Waals surface area contributed by atoms with E-state index in [2.05, 4.69) is 58.1 Å². The van der Waals surface area contributed by atoms with Crippen LogP contribution in [0.4, 0.5) is 0 Å². The lowest BCUT2D eigenvalue weighted by Gasteiger charge is -2.34. The highest BCUT2D eigenvalue weighted by Gasteiger charge is 2.27. The minimum absolute atomic E-state index is 0.282. The minimum Gasteiger partial charge on any atom is -0.313 e. The first-order valence-electron chi connectivity index (χ1n) is 6.89. The molecule has 1 aromatic rings. The van der Waals surface area contributed by atoms with Gasteiger partial charge >= 0.3 is 0 Å². The van der Waals surface area contributed by atoms with Crippen molar-refractivity contribution in [1.29, 1.82) is 0 Å². The summed E-state index contributed by atoms with van der Waals surface area (Å²) in [5.41, 5.74) is 2.75. The van der Waals surface area contributed by atoms with Gasteiger partial charge in [0.15, 0.2) is 0 Å². The molecule has 0 aromatic heterocycles. The average Bonchev–Trinajstić information content (AvgIpc) is 2.31. The van der Waals surface area contributed by atoms with E-state index in [-0.39, 0.29) is 5.41 Å². The van der Waals surface area contributed by atoms with E-state index >= 15 is 0 Å². The Hall–Kier alpha value is -0.530. The Morgan fingerprint density at radius 1 is 1.28 bits per heavy atom. The Balaban J connectivity index is 2.89. The number of rotatable bonds is 6. The lowest BCUT2D eigenvalue weighted by atomic mass is 9.79. The van der Waals surface area contributed by atoms with Crippen molar-refractivity contribution in [3.05, 3.63) is 34.3 Å². The van der Waals surface area contributed by atoms with Crippen LogP contribution in [0.1, 0.15) is 45.2 Å². The van der Waals surface area contributed by atoms with Crippen molar-refractivity contribution < 1.29 is 0 Å². The zero-order valence-corrected chi connectivity index (χ0v) is 13.1. The van der Waals surface area contributed by atoms with Crippen molar-refractivity contribution in [2.75, 3.05) is 6.54 Å². The summed E-state index contributed by atoms with van der Waals surface area (Å²) in [5.74, 6) is 0. The third-order valence-electron chi connectivity index (χ3n) is 3.94. The molecule has 0 radical (unpaired) electrons.